The molecule has 1 N–H and O–H groups in total. The standard InChI is InChI=1S/C8H9N3O3S/c1-3-13-7-5(15-4(2)9-7)6-10-8(12)14-11-6/h3H2,1-2H3,(H,10,11,12). The molecule has 2 rings (SSSR count). The molecule has 2 heterocycles. The van der Waals surface area contributed by atoms with Crippen molar-refractivity contribution in [1.29, 1.82) is 0 Å². The fourth-order valence-corrected chi connectivity index (χ4v) is 1.92. The molecule has 0 spiro atoms. The second-order valence-corrected chi connectivity index (χ2v) is 3.95. The maximum Gasteiger partial charge on any atom is 0.439 e. The Morgan fingerprint density at radius 3 is 3.00 bits per heavy atom. The normalized spacial score (nSPS) is 10.5. The van der Waals surface area contributed by atoms with Crippen LogP contribution >= 0.6 is 11.3 Å². The molecule has 15 heavy (non-hydrogen) atoms. The first kappa shape index (κ1) is 9.91. The first-order valence-corrected chi connectivity index (χ1v) is 5.19. The highest BCUT2D eigenvalue weighted by atomic mass is 32.1. The van der Waals surface area contributed by atoms with E-state index in [2.05, 4.69) is 19.6 Å². The zero-order valence-electron chi connectivity index (χ0n) is 8.23. The Labute approximate surface area is 88.9 Å². The molecule has 0 aliphatic heterocycles. The molecule has 0 radical (unpaired) electrons. The van der Waals surface area contributed by atoms with Crippen molar-refractivity contribution in [2.75, 3.05) is 6.61 Å². The highest BCUT2D eigenvalue weighted by molar-refractivity contribution is 7.15. The van der Waals surface area contributed by atoms with Gasteiger partial charge in [-0.15, -0.1) is 11.3 Å². The molecular weight excluding hydrogens is 218 g/mol. The predicted octanol–water partition coefficient (Wildman–Crippen LogP) is 1.19. The van der Waals surface area contributed by atoms with Crippen molar-refractivity contribution in [3.05, 3.63) is 15.6 Å². The number of aryl methyl sites for hydroxylation is 1. The highest BCUT2D eigenvalue weighted by Gasteiger charge is 2.16. The van der Waals surface area contributed by atoms with Gasteiger partial charge in [-0.25, -0.2) is 9.78 Å². The van der Waals surface area contributed by atoms with E-state index in [0.717, 1.165) is 5.01 Å². The second-order valence-electron chi connectivity index (χ2n) is 2.74. The Balaban J connectivity index is 2.46. The average molecular weight is 227 g/mol. The van der Waals surface area contributed by atoms with Gasteiger partial charge in [0, 0.05) is 0 Å². The van der Waals surface area contributed by atoms with E-state index in [4.69, 9.17) is 4.74 Å². The van der Waals surface area contributed by atoms with Crippen LogP contribution in [0.4, 0.5) is 0 Å². The molecule has 80 valence electrons. The molecule has 0 fully saturated rings. The summed E-state index contributed by atoms with van der Waals surface area (Å²) in [6.45, 7) is 4.23. The van der Waals surface area contributed by atoms with Crippen LogP contribution in [0.5, 0.6) is 5.88 Å². The van der Waals surface area contributed by atoms with Gasteiger partial charge in [0.05, 0.1) is 11.6 Å². The number of thiazole rings is 1. The van der Waals surface area contributed by atoms with E-state index in [1.165, 1.54) is 11.3 Å². The van der Waals surface area contributed by atoms with Crippen LogP contribution in [0, 0.1) is 6.92 Å². The van der Waals surface area contributed by atoms with E-state index in [0.29, 0.717) is 23.2 Å². The van der Waals surface area contributed by atoms with E-state index >= 15 is 0 Å². The van der Waals surface area contributed by atoms with Gasteiger partial charge in [-0.05, 0) is 13.8 Å². The summed E-state index contributed by atoms with van der Waals surface area (Å²) in [6, 6.07) is 0. The monoisotopic (exact) mass is 227 g/mol. The van der Waals surface area contributed by atoms with Crippen LogP contribution in [0.3, 0.4) is 0 Å². The van der Waals surface area contributed by atoms with Crippen molar-refractivity contribution >= 4 is 11.3 Å². The lowest BCUT2D eigenvalue weighted by atomic mass is 10.5. The summed E-state index contributed by atoms with van der Waals surface area (Å²) in [5.41, 5.74) is 0. The van der Waals surface area contributed by atoms with Gasteiger partial charge in [0.15, 0.2) is 5.82 Å². The number of aromatic nitrogens is 3. The quantitative estimate of drug-likeness (QED) is 0.851. The van der Waals surface area contributed by atoms with Crippen molar-refractivity contribution < 1.29 is 9.26 Å². The van der Waals surface area contributed by atoms with E-state index < -0.39 is 5.76 Å². The number of aromatic amines is 1. The maximum absolute atomic E-state index is 10.8. The number of ether oxygens (including phenoxy) is 1. The lowest BCUT2D eigenvalue weighted by molar-refractivity contribution is 0.329. The molecule has 2 aromatic rings. The zero-order chi connectivity index (χ0) is 10.8. The Bertz CT molecular complexity index is 513. The van der Waals surface area contributed by atoms with E-state index in [1.54, 1.807) is 0 Å². The van der Waals surface area contributed by atoms with Gasteiger partial charge in [0.2, 0.25) is 5.88 Å². The summed E-state index contributed by atoms with van der Waals surface area (Å²) in [7, 11) is 0. The summed E-state index contributed by atoms with van der Waals surface area (Å²) >= 11 is 1.39. The lowest BCUT2D eigenvalue weighted by Gasteiger charge is -1.98. The topological polar surface area (TPSA) is 81.0 Å². The van der Waals surface area contributed by atoms with Crippen LogP contribution in [0.25, 0.3) is 10.7 Å². The number of H-pyrrole nitrogens is 1. The first-order chi connectivity index (χ1) is 7.20. The van der Waals surface area contributed by atoms with Gasteiger partial charge >= 0.3 is 5.76 Å². The summed E-state index contributed by atoms with van der Waals surface area (Å²) in [5.74, 6) is 0.247. The highest BCUT2D eigenvalue weighted by Crippen LogP contribution is 2.32. The molecule has 6 nitrogen and oxygen atoms in total. The van der Waals surface area contributed by atoms with E-state index in [-0.39, 0.29) is 0 Å². The van der Waals surface area contributed by atoms with Crippen LogP contribution in [-0.4, -0.2) is 21.7 Å². The van der Waals surface area contributed by atoms with Crippen molar-refractivity contribution in [1.82, 2.24) is 15.1 Å². The largest absolute Gasteiger partial charge is 0.477 e. The molecule has 0 saturated heterocycles. The van der Waals surface area contributed by atoms with Crippen LogP contribution < -0.4 is 10.5 Å². The summed E-state index contributed by atoms with van der Waals surface area (Å²) in [6.07, 6.45) is 0. The van der Waals surface area contributed by atoms with Crippen molar-refractivity contribution in [2.24, 2.45) is 0 Å². The lowest BCUT2D eigenvalue weighted by Crippen LogP contribution is -1.96. The minimum absolute atomic E-state index is 0.356. The average Bonchev–Trinajstić information content (AvgIpc) is 2.73. The molecule has 0 atom stereocenters. The number of nitrogens with zero attached hydrogens (tertiary/aromatic N) is 2. The van der Waals surface area contributed by atoms with Gasteiger partial charge in [-0.1, -0.05) is 5.16 Å². The molecule has 0 aromatic carbocycles. The van der Waals surface area contributed by atoms with Gasteiger partial charge in [-0.2, -0.15) is 0 Å². The third-order valence-corrected chi connectivity index (χ3v) is 2.60. The minimum atomic E-state index is -0.585. The van der Waals surface area contributed by atoms with Crippen LogP contribution in [0.15, 0.2) is 9.32 Å². The number of nitrogens with one attached hydrogen (secondary N) is 1. The SMILES string of the molecule is CCOc1nc(C)sc1-c1noc(=O)[nH]1. The second kappa shape index (κ2) is 3.85. The Kier molecular flexibility index (Phi) is 2.55. The molecule has 0 saturated carbocycles. The Morgan fingerprint density at radius 2 is 2.40 bits per heavy atom. The van der Waals surface area contributed by atoms with Gasteiger partial charge in [0.25, 0.3) is 0 Å². The van der Waals surface area contributed by atoms with Crippen molar-refractivity contribution in [3.63, 3.8) is 0 Å². The maximum atomic E-state index is 10.8. The smallest absolute Gasteiger partial charge is 0.439 e. The summed E-state index contributed by atoms with van der Waals surface area (Å²) in [5, 5.41) is 4.43. The Hall–Kier alpha value is -1.63. The molecule has 0 bridgehead atoms. The van der Waals surface area contributed by atoms with Crippen LogP contribution in [0.2, 0.25) is 0 Å². The number of hydrogen-bond donors (Lipinski definition) is 1. The third kappa shape index (κ3) is 1.91. The van der Waals surface area contributed by atoms with Crippen LogP contribution in [-0.2, 0) is 0 Å². The minimum Gasteiger partial charge on any atom is -0.477 e. The number of rotatable bonds is 3. The fraction of sp³-hybridized carbons (Fsp3) is 0.375. The zero-order valence-corrected chi connectivity index (χ0v) is 9.05. The first-order valence-electron chi connectivity index (χ1n) is 4.37. The van der Waals surface area contributed by atoms with Gasteiger partial charge in [-0.3, -0.25) is 9.51 Å². The van der Waals surface area contributed by atoms with Crippen LogP contribution in [0.1, 0.15) is 11.9 Å². The molecule has 2 aromatic heterocycles. The molecule has 0 amide bonds. The van der Waals surface area contributed by atoms with Crippen molar-refractivity contribution in [3.8, 4) is 16.6 Å². The molecule has 0 aliphatic rings. The van der Waals surface area contributed by atoms with Gasteiger partial charge in [0.1, 0.15) is 4.88 Å². The van der Waals surface area contributed by atoms with E-state index in [1.807, 2.05) is 13.8 Å². The van der Waals surface area contributed by atoms with Gasteiger partial charge < -0.3 is 4.74 Å². The molecule has 0 aliphatic carbocycles. The molecular formula is C8H9N3O3S. The van der Waals surface area contributed by atoms with Crippen molar-refractivity contribution in [2.45, 2.75) is 13.8 Å². The predicted molar refractivity (Wildman–Crippen MR) is 54.1 cm³/mol. The van der Waals surface area contributed by atoms with E-state index in [9.17, 15) is 4.79 Å². The summed E-state index contributed by atoms with van der Waals surface area (Å²) < 4.78 is 9.74. The fourth-order valence-electron chi connectivity index (χ4n) is 1.12. The summed E-state index contributed by atoms with van der Waals surface area (Å²) in [4.78, 5) is 18.1. The third-order valence-electron chi connectivity index (χ3n) is 1.64. The molecule has 0 unspecified atom stereocenters. The number of hydrogen-bond acceptors (Lipinski definition) is 6. The molecule has 7 heteroatoms. The Morgan fingerprint density at radius 1 is 1.60 bits per heavy atom.